The normalized spacial score (nSPS) is 14.9. The summed E-state index contributed by atoms with van der Waals surface area (Å²) in [5.74, 6) is -0.303. The number of likely N-dealkylation sites (tertiary alicyclic amines) is 1. The maximum atomic E-state index is 12.2. The first-order valence-electron chi connectivity index (χ1n) is 5.43. The van der Waals surface area contributed by atoms with Crippen LogP contribution in [0.3, 0.4) is 0 Å². The van der Waals surface area contributed by atoms with Gasteiger partial charge in [-0.3, -0.25) is 14.9 Å². The lowest BCUT2D eigenvalue weighted by atomic mass is 10.1. The van der Waals surface area contributed by atoms with Gasteiger partial charge in [-0.15, -0.1) is 0 Å². The van der Waals surface area contributed by atoms with Crippen LogP contribution in [0.2, 0.25) is 10.0 Å². The van der Waals surface area contributed by atoms with Gasteiger partial charge in [-0.1, -0.05) is 23.2 Å². The predicted molar refractivity (Wildman–Crippen MR) is 68.3 cm³/mol. The molecule has 1 fully saturated rings. The van der Waals surface area contributed by atoms with Gasteiger partial charge in [0.2, 0.25) is 0 Å². The predicted octanol–water partition coefficient (Wildman–Crippen LogP) is 3.14. The Kier molecular flexibility index (Phi) is 3.73. The summed E-state index contributed by atoms with van der Waals surface area (Å²) >= 11 is 11.7. The van der Waals surface area contributed by atoms with Crippen LogP contribution in [0.5, 0.6) is 0 Å². The Morgan fingerprint density at radius 2 is 1.89 bits per heavy atom. The zero-order valence-electron chi connectivity index (χ0n) is 9.36. The third-order valence-electron chi connectivity index (χ3n) is 2.85. The van der Waals surface area contributed by atoms with E-state index in [1.807, 2.05) is 0 Å². The van der Waals surface area contributed by atoms with Crippen molar-refractivity contribution in [3.63, 3.8) is 0 Å². The zero-order valence-corrected chi connectivity index (χ0v) is 10.9. The first-order chi connectivity index (χ1) is 8.50. The van der Waals surface area contributed by atoms with E-state index in [-0.39, 0.29) is 27.2 Å². The Labute approximate surface area is 113 Å². The monoisotopic (exact) mass is 288 g/mol. The van der Waals surface area contributed by atoms with E-state index in [0.717, 1.165) is 18.9 Å². The summed E-state index contributed by atoms with van der Waals surface area (Å²) < 4.78 is 0. The lowest BCUT2D eigenvalue weighted by Crippen LogP contribution is -2.27. The Hall–Kier alpha value is -1.33. The van der Waals surface area contributed by atoms with E-state index in [9.17, 15) is 14.9 Å². The number of nitro groups is 1. The van der Waals surface area contributed by atoms with Crippen molar-refractivity contribution < 1.29 is 9.72 Å². The summed E-state index contributed by atoms with van der Waals surface area (Å²) in [5.41, 5.74) is -0.135. The molecule has 1 amide bonds. The molecule has 0 saturated carbocycles. The van der Waals surface area contributed by atoms with Gasteiger partial charge in [-0.2, -0.15) is 0 Å². The molecule has 18 heavy (non-hydrogen) atoms. The van der Waals surface area contributed by atoms with Gasteiger partial charge in [0.1, 0.15) is 0 Å². The maximum Gasteiger partial charge on any atom is 0.271 e. The maximum absolute atomic E-state index is 12.2. The highest BCUT2D eigenvalue weighted by Crippen LogP contribution is 2.32. The van der Waals surface area contributed by atoms with Crippen molar-refractivity contribution >= 4 is 34.8 Å². The number of halogens is 2. The van der Waals surface area contributed by atoms with Gasteiger partial charge in [0.05, 0.1) is 20.5 Å². The smallest absolute Gasteiger partial charge is 0.271 e. The Morgan fingerprint density at radius 3 is 2.44 bits per heavy atom. The second-order valence-corrected chi connectivity index (χ2v) is 4.83. The number of carbonyl (C=O) groups excluding carboxylic acids is 1. The highest BCUT2D eigenvalue weighted by molar-refractivity contribution is 6.44. The summed E-state index contributed by atoms with van der Waals surface area (Å²) in [4.78, 5) is 23.9. The Morgan fingerprint density at radius 1 is 1.28 bits per heavy atom. The molecule has 7 heteroatoms. The van der Waals surface area contributed by atoms with E-state index >= 15 is 0 Å². The quantitative estimate of drug-likeness (QED) is 0.620. The van der Waals surface area contributed by atoms with Crippen molar-refractivity contribution in [2.75, 3.05) is 13.1 Å². The lowest BCUT2D eigenvalue weighted by Gasteiger charge is -2.16. The largest absolute Gasteiger partial charge is 0.339 e. The lowest BCUT2D eigenvalue weighted by molar-refractivity contribution is -0.384. The summed E-state index contributed by atoms with van der Waals surface area (Å²) in [7, 11) is 0. The molecule has 1 aromatic carbocycles. The SMILES string of the molecule is O=C(c1cc([N+](=O)[O-])cc(Cl)c1Cl)N1CCCC1. The highest BCUT2D eigenvalue weighted by Gasteiger charge is 2.25. The molecule has 0 aliphatic carbocycles. The van der Waals surface area contributed by atoms with Crippen LogP contribution in [0.25, 0.3) is 0 Å². The van der Waals surface area contributed by atoms with Crippen LogP contribution in [0, 0.1) is 10.1 Å². The fraction of sp³-hybridized carbons (Fsp3) is 0.364. The zero-order chi connectivity index (χ0) is 13.3. The fourth-order valence-corrected chi connectivity index (χ4v) is 2.33. The standard InChI is InChI=1S/C11H10Cl2N2O3/c12-9-6-7(15(17)18)5-8(10(9)13)11(16)14-3-1-2-4-14/h5-6H,1-4H2. The van der Waals surface area contributed by atoms with E-state index in [1.165, 1.54) is 6.07 Å². The first-order valence-corrected chi connectivity index (χ1v) is 6.19. The Balaban J connectivity index is 2.42. The molecular weight excluding hydrogens is 279 g/mol. The second-order valence-electron chi connectivity index (χ2n) is 4.05. The number of carbonyl (C=O) groups is 1. The number of hydrogen-bond acceptors (Lipinski definition) is 3. The van der Waals surface area contributed by atoms with Crippen LogP contribution in [-0.2, 0) is 0 Å². The minimum absolute atomic E-state index is 0.0217. The third-order valence-corrected chi connectivity index (χ3v) is 3.65. The average molecular weight is 289 g/mol. The number of non-ortho nitro benzene ring substituents is 1. The van der Waals surface area contributed by atoms with Crippen LogP contribution in [0.15, 0.2) is 12.1 Å². The van der Waals surface area contributed by atoms with E-state index in [4.69, 9.17) is 23.2 Å². The molecule has 0 bridgehead atoms. The van der Waals surface area contributed by atoms with E-state index in [2.05, 4.69) is 0 Å². The molecule has 1 aliphatic rings. The van der Waals surface area contributed by atoms with Gasteiger partial charge in [-0.05, 0) is 12.8 Å². The van der Waals surface area contributed by atoms with Crippen molar-refractivity contribution in [1.29, 1.82) is 0 Å². The van der Waals surface area contributed by atoms with E-state index in [0.29, 0.717) is 13.1 Å². The third kappa shape index (κ3) is 2.42. The topological polar surface area (TPSA) is 63.4 Å². The molecule has 96 valence electrons. The van der Waals surface area contributed by atoms with Crippen LogP contribution < -0.4 is 0 Å². The number of hydrogen-bond donors (Lipinski definition) is 0. The molecule has 0 radical (unpaired) electrons. The fourth-order valence-electron chi connectivity index (χ4n) is 1.93. The van der Waals surface area contributed by atoms with Crippen LogP contribution in [0.1, 0.15) is 23.2 Å². The first kappa shape index (κ1) is 13.1. The molecule has 2 rings (SSSR count). The Bertz CT molecular complexity index is 513. The number of amides is 1. The average Bonchev–Trinajstić information content (AvgIpc) is 2.85. The van der Waals surface area contributed by atoms with Crippen molar-refractivity contribution in [3.05, 3.63) is 37.9 Å². The van der Waals surface area contributed by atoms with Crippen molar-refractivity contribution in [2.24, 2.45) is 0 Å². The molecule has 0 N–H and O–H groups in total. The van der Waals surface area contributed by atoms with Crippen molar-refractivity contribution in [1.82, 2.24) is 4.90 Å². The summed E-state index contributed by atoms with van der Waals surface area (Å²) in [6.07, 6.45) is 1.87. The molecule has 1 saturated heterocycles. The minimum atomic E-state index is -0.594. The molecule has 1 heterocycles. The van der Waals surface area contributed by atoms with Crippen molar-refractivity contribution in [2.45, 2.75) is 12.8 Å². The van der Waals surface area contributed by atoms with Gasteiger partial charge in [0.15, 0.2) is 0 Å². The molecule has 0 unspecified atom stereocenters. The highest BCUT2D eigenvalue weighted by atomic mass is 35.5. The second kappa shape index (κ2) is 5.12. The van der Waals surface area contributed by atoms with Crippen LogP contribution in [0.4, 0.5) is 5.69 Å². The number of benzene rings is 1. The summed E-state index contributed by atoms with van der Waals surface area (Å²) in [6.45, 7) is 1.30. The molecule has 0 spiro atoms. The van der Waals surface area contributed by atoms with E-state index < -0.39 is 4.92 Å². The van der Waals surface area contributed by atoms with Crippen LogP contribution in [-0.4, -0.2) is 28.8 Å². The van der Waals surface area contributed by atoms with Crippen molar-refractivity contribution in [3.8, 4) is 0 Å². The number of nitrogens with zero attached hydrogens (tertiary/aromatic N) is 2. The molecule has 0 atom stereocenters. The molecule has 1 aromatic rings. The number of rotatable bonds is 2. The molecule has 5 nitrogen and oxygen atoms in total. The molecular formula is C11H10Cl2N2O3. The number of nitro benzene ring substituents is 1. The molecule has 1 aliphatic heterocycles. The summed E-state index contributed by atoms with van der Waals surface area (Å²) in [5, 5.41) is 10.8. The van der Waals surface area contributed by atoms with Gasteiger partial charge in [0.25, 0.3) is 11.6 Å². The van der Waals surface area contributed by atoms with Gasteiger partial charge < -0.3 is 4.90 Å². The van der Waals surface area contributed by atoms with Gasteiger partial charge in [-0.25, -0.2) is 0 Å². The van der Waals surface area contributed by atoms with Gasteiger partial charge in [0, 0.05) is 25.2 Å². The summed E-state index contributed by atoms with van der Waals surface area (Å²) in [6, 6.07) is 2.32. The molecule has 0 aromatic heterocycles. The van der Waals surface area contributed by atoms with Crippen LogP contribution >= 0.6 is 23.2 Å². The van der Waals surface area contributed by atoms with E-state index in [1.54, 1.807) is 4.90 Å². The van der Waals surface area contributed by atoms with Gasteiger partial charge >= 0.3 is 0 Å². The minimum Gasteiger partial charge on any atom is -0.339 e.